The molecule has 0 saturated heterocycles. The highest BCUT2D eigenvalue weighted by atomic mass is 19.4. The number of aromatic amines is 1. The zero-order valence-corrected chi connectivity index (χ0v) is 11.6. The van der Waals surface area contributed by atoms with Crippen molar-refractivity contribution in [1.82, 2.24) is 15.0 Å². The molecule has 0 radical (unpaired) electrons. The number of alkyl halides is 3. The molecule has 0 saturated carbocycles. The van der Waals surface area contributed by atoms with Crippen LogP contribution in [0.5, 0.6) is 0 Å². The molecular weight excluding hydrogens is 269 g/mol. The summed E-state index contributed by atoms with van der Waals surface area (Å²) in [7, 11) is 0. The Morgan fingerprint density at radius 3 is 2.60 bits per heavy atom. The SMILES string of the molecule is Cc1cc2c(NCCC(C)C)nc(C(F)(F)F)nc2[nH]1. The van der Waals surface area contributed by atoms with Crippen molar-refractivity contribution >= 4 is 16.9 Å². The van der Waals surface area contributed by atoms with E-state index in [1.54, 1.807) is 13.0 Å². The normalized spacial score (nSPS) is 12.3. The average Bonchev–Trinajstić information content (AvgIpc) is 2.67. The van der Waals surface area contributed by atoms with E-state index in [0.717, 1.165) is 12.1 Å². The van der Waals surface area contributed by atoms with E-state index in [2.05, 4.69) is 34.1 Å². The first kappa shape index (κ1) is 14.6. The third kappa shape index (κ3) is 3.20. The smallest absolute Gasteiger partial charge is 0.369 e. The van der Waals surface area contributed by atoms with Gasteiger partial charge in [-0.2, -0.15) is 13.2 Å². The standard InChI is InChI=1S/C13H17F3N4/c1-7(2)4-5-17-10-9-6-8(3)18-11(9)20-12(19-10)13(14,15)16/h6-7H,4-5H2,1-3H3,(H2,17,18,19,20). The molecule has 0 atom stereocenters. The fourth-order valence-corrected chi connectivity index (χ4v) is 1.88. The van der Waals surface area contributed by atoms with Gasteiger partial charge in [-0.05, 0) is 25.3 Å². The Hall–Kier alpha value is -1.79. The first-order chi connectivity index (χ1) is 9.27. The fraction of sp³-hybridized carbons (Fsp3) is 0.538. The number of H-pyrrole nitrogens is 1. The Labute approximate surface area is 114 Å². The third-order valence-corrected chi connectivity index (χ3v) is 2.89. The van der Waals surface area contributed by atoms with Gasteiger partial charge < -0.3 is 10.3 Å². The molecule has 2 N–H and O–H groups in total. The molecule has 4 nitrogen and oxygen atoms in total. The maximum atomic E-state index is 12.8. The molecule has 2 rings (SSSR count). The molecule has 0 aromatic carbocycles. The average molecular weight is 286 g/mol. The second kappa shape index (κ2) is 5.30. The number of halogens is 3. The zero-order chi connectivity index (χ0) is 14.9. The Balaban J connectivity index is 2.39. The number of rotatable bonds is 4. The fourth-order valence-electron chi connectivity index (χ4n) is 1.88. The molecule has 0 unspecified atom stereocenters. The Morgan fingerprint density at radius 2 is 2.00 bits per heavy atom. The van der Waals surface area contributed by atoms with E-state index in [9.17, 15) is 13.2 Å². The van der Waals surface area contributed by atoms with Crippen LogP contribution in [0.25, 0.3) is 11.0 Å². The van der Waals surface area contributed by atoms with E-state index >= 15 is 0 Å². The number of nitrogens with zero attached hydrogens (tertiary/aromatic N) is 2. The van der Waals surface area contributed by atoms with Gasteiger partial charge in [0.15, 0.2) is 0 Å². The summed E-state index contributed by atoms with van der Waals surface area (Å²) in [5, 5.41) is 3.56. The summed E-state index contributed by atoms with van der Waals surface area (Å²) in [5.74, 6) is -0.430. The first-order valence-corrected chi connectivity index (χ1v) is 6.46. The van der Waals surface area contributed by atoms with Gasteiger partial charge in [0.1, 0.15) is 11.5 Å². The molecule has 2 heterocycles. The van der Waals surface area contributed by atoms with Crippen LogP contribution in [-0.2, 0) is 6.18 Å². The van der Waals surface area contributed by atoms with Crippen LogP contribution in [0.3, 0.4) is 0 Å². The molecule has 2 aromatic rings. The molecule has 110 valence electrons. The molecule has 0 bridgehead atoms. The molecule has 20 heavy (non-hydrogen) atoms. The summed E-state index contributed by atoms with van der Waals surface area (Å²) in [5.41, 5.74) is 0.956. The molecule has 7 heteroatoms. The van der Waals surface area contributed by atoms with E-state index in [1.807, 2.05) is 0 Å². The van der Waals surface area contributed by atoms with Crippen molar-refractivity contribution in [2.24, 2.45) is 5.92 Å². The lowest BCUT2D eigenvalue weighted by molar-refractivity contribution is -0.144. The zero-order valence-electron chi connectivity index (χ0n) is 11.6. The lowest BCUT2D eigenvalue weighted by Gasteiger charge is -2.11. The van der Waals surface area contributed by atoms with Crippen LogP contribution in [0.2, 0.25) is 0 Å². The van der Waals surface area contributed by atoms with Crippen molar-refractivity contribution in [2.45, 2.75) is 33.4 Å². The topological polar surface area (TPSA) is 53.6 Å². The van der Waals surface area contributed by atoms with Gasteiger partial charge in [-0.3, -0.25) is 0 Å². The van der Waals surface area contributed by atoms with Crippen molar-refractivity contribution in [1.29, 1.82) is 0 Å². The highest BCUT2D eigenvalue weighted by Crippen LogP contribution is 2.30. The van der Waals surface area contributed by atoms with Crippen LogP contribution in [0.4, 0.5) is 19.0 Å². The van der Waals surface area contributed by atoms with E-state index < -0.39 is 12.0 Å². The molecule has 0 amide bonds. The predicted molar refractivity (Wildman–Crippen MR) is 71.6 cm³/mol. The summed E-state index contributed by atoms with van der Waals surface area (Å²) in [4.78, 5) is 9.97. The predicted octanol–water partition coefficient (Wildman–Crippen LogP) is 3.74. The van der Waals surface area contributed by atoms with Crippen LogP contribution < -0.4 is 5.32 Å². The van der Waals surface area contributed by atoms with E-state index in [-0.39, 0.29) is 11.5 Å². The summed E-state index contributed by atoms with van der Waals surface area (Å²) in [6.07, 6.45) is -3.70. The summed E-state index contributed by atoms with van der Waals surface area (Å²) < 4.78 is 38.4. The van der Waals surface area contributed by atoms with Crippen molar-refractivity contribution in [3.8, 4) is 0 Å². The molecule has 0 aliphatic rings. The van der Waals surface area contributed by atoms with Crippen molar-refractivity contribution in [2.75, 3.05) is 11.9 Å². The minimum atomic E-state index is -4.55. The van der Waals surface area contributed by atoms with Crippen LogP contribution in [0, 0.1) is 12.8 Å². The summed E-state index contributed by atoms with van der Waals surface area (Å²) in [6.45, 7) is 6.45. The Kier molecular flexibility index (Phi) is 3.87. The van der Waals surface area contributed by atoms with Gasteiger partial charge in [0.25, 0.3) is 0 Å². The number of anilines is 1. The number of aromatic nitrogens is 3. The maximum absolute atomic E-state index is 12.8. The molecular formula is C13H17F3N4. The van der Waals surface area contributed by atoms with Crippen LogP contribution >= 0.6 is 0 Å². The minimum absolute atomic E-state index is 0.205. The largest absolute Gasteiger partial charge is 0.451 e. The van der Waals surface area contributed by atoms with Crippen LogP contribution in [0.1, 0.15) is 31.8 Å². The van der Waals surface area contributed by atoms with Crippen LogP contribution in [-0.4, -0.2) is 21.5 Å². The van der Waals surface area contributed by atoms with Gasteiger partial charge in [0.05, 0.1) is 5.39 Å². The lowest BCUT2D eigenvalue weighted by Crippen LogP contribution is -2.14. The van der Waals surface area contributed by atoms with E-state index in [4.69, 9.17) is 0 Å². The number of nitrogens with one attached hydrogen (secondary N) is 2. The van der Waals surface area contributed by atoms with Crippen molar-refractivity contribution < 1.29 is 13.2 Å². The van der Waals surface area contributed by atoms with E-state index in [0.29, 0.717) is 17.8 Å². The Bertz CT molecular complexity index is 601. The molecule has 0 aliphatic heterocycles. The summed E-state index contributed by atoms with van der Waals surface area (Å²) in [6, 6.07) is 1.74. The number of fused-ring (bicyclic) bond motifs is 1. The van der Waals surface area contributed by atoms with Gasteiger partial charge in [-0.1, -0.05) is 13.8 Å². The highest BCUT2D eigenvalue weighted by molar-refractivity contribution is 5.87. The maximum Gasteiger partial charge on any atom is 0.451 e. The van der Waals surface area contributed by atoms with E-state index in [1.165, 1.54) is 0 Å². The second-order valence-corrected chi connectivity index (χ2v) is 5.22. The third-order valence-electron chi connectivity index (χ3n) is 2.89. The number of aryl methyl sites for hydroxylation is 1. The van der Waals surface area contributed by atoms with Crippen molar-refractivity contribution in [3.63, 3.8) is 0 Å². The minimum Gasteiger partial charge on any atom is -0.369 e. The van der Waals surface area contributed by atoms with Crippen LogP contribution in [0.15, 0.2) is 6.07 Å². The lowest BCUT2D eigenvalue weighted by atomic mass is 10.1. The molecule has 0 spiro atoms. The highest BCUT2D eigenvalue weighted by Gasteiger charge is 2.35. The molecule has 0 aliphatic carbocycles. The van der Waals surface area contributed by atoms with Gasteiger partial charge in [-0.25, -0.2) is 9.97 Å². The van der Waals surface area contributed by atoms with Gasteiger partial charge in [-0.15, -0.1) is 0 Å². The van der Waals surface area contributed by atoms with Gasteiger partial charge >= 0.3 is 6.18 Å². The number of hydrogen-bond donors (Lipinski definition) is 2. The Morgan fingerprint density at radius 1 is 1.30 bits per heavy atom. The summed E-state index contributed by atoms with van der Waals surface area (Å²) >= 11 is 0. The quantitative estimate of drug-likeness (QED) is 0.900. The molecule has 2 aromatic heterocycles. The first-order valence-electron chi connectivity index (χ1n) is 6.46. The monoisotopic (exact) mass is 286 g/mol. The number of hydrogen-bond acceptors (Lipinski definition) is 3. The molecule has 0 fully saturated rings. The van der Waals surface area contributed by atoms with Gasteiger partial charge in [0.2, 0.25) is 5.82 Å². The van der Waals surface area contributed by atoms with Crippen molar-refractivity contribution in [3.05, 3.63) is 17.6 Å². The van der Waals surface area contributed by atoms with Gasteiger partial charge in [0, 0.05) is 12.2 Å². The second-order valence-electron chi connectivity index (χ2n) is 5.22.